The van der Waals surface area contributed by atoms with E-state index in [9.17, 15) is 10.1 Å². The van der Waals surface area contributed by atoms with E-state index in [-0.39, 0.29) is 11.6 Å². The number of hydrogen-bond donors (Lipinski definition) is 3. The zero-order chi connectivity index (χ0) is 24.4. The Morgan fingerprint density at radius 3 is 2.74 bits per heavy atom. The summed E-state index contributed by atoms with van der Waals surface area (Å²) in [5, 5.41) is 24.9. The molecule has 35 heavy (non-hydrogen) atoms. The molecule has 0 spiro atoms. The quantitative estimate of drug-likeness (QED) is 0.364. The van der Waals surface area contributed by atoms with Crippen molar-refractivity contribution in [3.63, 3.8) is 0 Å². The van der Waals surface area contributed by atoms with Crippen LogP contribution in [0.1, 0.15) is 55.7 Å². The summed E-state index contributed by atoms with van der Waals surface area (Å²) in [5.41, 5.74) is 3.65. The third-order valence-electron chi connectivity index (χ3n) is 7.06. The minimum absolute atomic E-state index is 0.00358. The van der Waals surface area contributed by atoms with Crippen molar-refractivity contribution in [1.82, 2.24) is 25.5 Å². The van der Waals surface area contributed by atoms with Crippen LogP contribution in [0.25, 0.3) is 10.9 Å². The molecule has 0 radical (unpaired) electrons. The van der Waals surface area contributed by atoms with Crippen LogP contribution < -0.4 is 15.5 Å². The van der Waals surface area contributed by atoms with Gasteiger partial charge in [0.25, 0.3) is 5.91 Å². The first-order valence-electron chi connectivity index (χ1n) is 12.3. The number of rotatable bonds is 6. The highest BCUT2D eigenvalue weighted by molar-refractivity contribution is 6.08. The van der Waals surface area contributed by atoms with Crippen molar-refractivity contribution >= 4 is 34.3 Å². The lowest BCUT2D eigenvalue weighted by Gasteiger charge is -2.29. The van der Waals surface area contributed by atoms with Crippen molar-refractivity contribution in [2.24, 2.45) is 0 Å². The van der Waals surface area contributed by atoms with E-state index in [1.165, 1.54) is 5.69 Å². The summed E-state index contributed by atoms with van der Waals surface area (Å²) in [5.74, 6) is 0.988. The topological polar surface area (TPSA) is 123 Å². The monoisotopic (exact) mass is 470 g/mol. The number of hydrogen-bond acceptors (Lipinski definition) is 7. The standard InChI is InChI=1S/C26H30N8O/c1-16(14-27)25(35)34(20-5-3-4-6-20)24-17(2)15-29-26(31-24)30-19-7-8-22-21(13-19)23(33-32-22)18-9-11-28-12-10-18/h7-8,13,15,18,20,28H,1,3-6,9-12H2,2H3,(H,32,33)(H,29,30,31). The fourth-order valence-corrected chi connectivity index (χ4v) is 5.19. The molecule has 0 unspecified atom stereocenters. The molecule has 2 aliphatic rings. The lowest BCUT2D eigenvalue weighted by Crippen LogP contribution is -2.40. The van der Waals surface area contributed by atoms with Crippen LogP contribution in [-0.4, -0.2) is 45.2 Å². The Kier molecular flexibility index (Phi) is 6.47. The molecule has 9 nitrogen and oxygen atoms in total. The highest BCUT2D eigenvalue weighted by atomic mass is 16.2. The molecule has 1 saturated heterocycles. The molecule has 1 aliphatic heterocycles. The van der Waals surface area contributed by atoms with Crippen LogP contribution in [0.2, 0.25) is 0 Å². The molecule has 1 aromatic carbocycles. The van der Waals surface area contributed by atoms with Crippen LogP contribution in [0, 0.1) is 18.3 Å². The van der Waals surface area contributed by atoms with E-state index in [1.54, 1.807) is 11.1 Å². The number of nitrogens with zero attached hydrogens (tertiary/aromatic N) is 5. The van der Waals surface area contributed by atoms with E-state index < -0.39 is 5.91 Å². The number of aromatic nitrogens is 4. The molecule has 1 saturated carbocycles. The fourth-order valence-electron chi connectivity index (χ4n) is 5.19. The number of nitriles is 1. The zero-order valence-corrected chi connectivity index (χ0v) is 20.0. The fraction of sp³-hybridized carbons (Fsp3) is 0.423. The van der Waals surface area contributed by atoms with Gasteiger partial charge in [-0.1, -0.05) is 19.4 Å². The SMILES string of the molecule is C=C(C#N)C(=O)N(c1nc(Nc2ccc3n[nH]c(C4CCNCC4)c3c2)ncc1C)C1CCCC1. The Morgan fingerprint density at radius 1 is 1.23 bits per heavy atom. The molecule has 0 bridgehead atoms. The van der Waals surface area contributed by atoms with E-state index in [0.29, 0.717) is 17.7 Å². The summed E-state index contributed by atoms with van der Waals surface area (Å²) in [4.78, 5) is 23.9. The maximum Gasteiger partial charge on any atom is 0.269 e. The average Bonchev–Trinajstić information content (AvgIpc) is 3.56. The van der Waals surface area contributed by atoms with Gasteiger partial charge in [0, 0.05) is 40.5 Å². The number of H-pyrrole nitrogens is 1. The van der Waals surface area contributed by atoms with E-state index in [0.717, 1.165) is 73.8 Å². The molecule has 1 aliphatic carbocycles. The normalized spacial score (nSPS) is 16.8. The number of nitrogens with one attached hydrogen (secondary N) is 3. The van der Waals surface area contributed by atoms with Gasteiger partial charge in [-0.2, -0.15) is 15.3 Å². The Morgan fingerprint density at radius 2 is 2.00 bits per heavy atom. The van der Waals surface area contributed by atoms with Crippen LogP contribution in [0.4, 0.5) is 17.5 Å². The van der Waals surface area contributed by atoms with Gasteiger partial charge < -0.3 is 10.6 Å². The van der Waals surface area contributed by atoms with Crippen LogP contribution >= 0.6 is 0 Å². The lowest BCUT2D eigenvalue weighted by molar-refractivity contribution is -0.115. The highest BCUT2D eigenvalue weighted by Gasteiger charge is 2.31. The molecule has 3 aromatic rings. The van der Waals surface area contributed by atoms with Crippen LogP contribution in [0.3, 0.4) is 0 Å². The number of amides is 1. The van der Waals surface area contributed by atoms with Crippen molar-refractivity contribution in [2.45, 2.75) is 57.4 Å². The van der Waals surface area contributed by atoms with Crippen molar-refractivity contribution in [3.8, 4) is 6.07 Å². The number of fused-ring (bicyclic) bond motifs is 1. The van der Waals surface area contributed by atoms with E-state index in [1.807, 2.05) is 25.1 Å². The third kappa shape index (κ3) is 4.62. The predicted molar refractivity (Wildman–Crippen MR) is 135 cm³/mol. The van der Waals surface area contributed by atoms with Gasteiger partial charge in [0.2, 0.25) is 5.95 Å². The zero-order valence-electron chi connectivity index (χ0n) is 20.0. The molecule has 3 heterocycles. The van der Waals surface area contributed by atoms with Gasteiger partial charge in [0.1, 0.15) is 17.5 Å². The Balaban J connectivity index is 1.46. The Hall–Kier alpha value is -3.77. The van der Waals surface area contributed by atoms with E-state index in [2.05, 4.69) is 38.5 Å². The largest absolute Gasteiger partial charge is 0.324 e. The van der Waals surface area contributed by atoms with E-state index >= 15 is 0 Å². The number of benzene rings is 1. The van der Waals surface area contributed by atoms with Crippen molar-refractivity contribution in [1.29, 1.82) is 5.26 Å². The second-order valence-electron chi connectivity index (χ2n) is 9.42. The van der Waals surface area contributed by atoms with Gasteiger partial charge in [0.15, 0.2) is 0 Å². The Labute approximate surface area is 204 Å². The smallest absolute Gasteiger partial charge is 0.269 e. The van der Waals surface area contributed by atoms with Crippen molar-refractivity contribution in [2.75, 3.05) is 23.3 Å². The highest BCUT2D eigenvalue weighted by Crippen LogP contribution is 2.33. The van der Waals surface area contributed by atoms with Gasteiger partial charge in [0.05, 0.1) is 5.52 Å². The van der Waals surface area contributed by atoms with Crippen LogP contribution in [-0.2, 0) is 4.79 Å². The van der Waals surface area contributed by atoms with E-state index in [4.69, 9.17) is 4.98 Å². The first-order valence-corrected chi connectivity index (χ1v) is 12.3. The van der Waals surface area contributed by atoms with Gasteiger partial charge in [-0.05, 0) is 63.9 Å². The second-order valence-corrected chi connectivity index (χ2v) is 9.42. The number of carbonyl (C=O) groups excluding carboxylic acids is 1. The van der Waals surface area contributed by atoms with Crippen LogP contribution in [0.5, 0.6) is 0 Å². The minimum atomic E-state index is -0.390. The maximum atomic E-state index is 13.1. The van der Waals surface area contributed by atoms with Gasteiger partial charge in [-0.3, -0.25) is 14.8 Å². The molecule has 9 heteroatoms. The first-order chi connectivity index (χ1) is 17.0. The average molecular weight is 471 g/mol. The molecule has 0 atom stereocenters. The molecule has 1 amide bonds. The molecule has 2 fully saturated rings. The summed E-state index contributed by atoms with van der Waals surface area (Å²) in [7, 11) is 0. The number of piperidine rings is 1. The minimum Gasteiger partial charge on any atom is -0.324 e. The number of aromatic amines is 1. The molecular weight excluding hydrogens is 440 g/mol. The molecule has 3 N–H and O–H groups in total. The molecular formula is C26H30N8O. The van der Waals surface area contributed by atoms with Crippen molar-refractivity contribution < 1.29 is 4.79 Å². The third-order valence-corrected chi connectivity index (χ3v) is 7.06. The second kappa shape index (κ2) is 9.84. The maximum absolute atomic E-state index is 13.1. The summed E-state index contributed by atoms with van der Waals surface area (Å²) in [6.07, 6.45) is 7.74. The summed E-state index contributed by atoms with van der Waals surface area (Å²) >= 11 is 0. The number of aryl methyl sites for hydroxylation is 1. The Bertz CT molecular complexity index is 1290. The summed E-state index contributed by atoms with van der Waals surface area (Å²) in [6.45, 7) is 7.56. The molecule has 180 valence electrons. The number of anilines is 3. The number of carbonyl (C=O) groups is 1. The summed E-state index contributed by atoms with van der Waals surface area (Å²) < 4.78 is 0. The molecule has 5 rings (SSSR count). The predicted octanol–water partition coefficient (Wildman–Crippen LogP) is 4.23. The molecule has 2 aromatic heterocycles. The van der Waals surface area contributed by atoms with Gasteiger partial charge in [-0.25, -0.2) is 4.98 Å². The van der Waals surface area contributed by atoms with Crippen molar-refractivity contribution in [3.05, 3.63) is 47.8 Å². The lowest BCUT2D eigenvalue weighted by atomic mass is 9.92. The van der Waals surface area contributed by atoms with Crippen LogP contribution in [0.15, 0.2) is 36.5 Å². The first kappa shape index (κ1) is 23.0. The van der Waals surface area contributed by atoms with Gasteiger partial charge >= 0.3 is 0 Å². The summed E-state index contributed by atoms with van der Waals surface area (Å²) in [6, 6.07) is 7.92. The van der Waals surface area contributed by atoms with Gasteiger partial charge in [-0.15, -0.1) is 0 Å².